The average molecular weight is 445 g/mol. The largest absolute Gasteiger partial charge is 0.481 e. The zero-order valence-corrected chi connectivity index (χ0v) is 18.2. The van der Waals surface area contributed by atoms with Crippen LogP contribution in [0.1, 0.15) is 30.5 Å². The van der Waals surface area contributed by atoms with E-state index in [0.717, 1.165) is 11.3 Å². The number of amides is 1. The Morgan fingerprint density at radius 1 is 1.18 bits per heavy atom. The van der Waals surface area contributed by atoms with Crippen molar-refractivity contribution in [2.45, 2.75) is 25.7 Å². The first-order chi connectivity index (χ1) is 15.9. The fraction of sp³-hybridized carbons (Fsp3) is 0.208. The van der Waals surface area contributed by atoms with Gasteiger partial charge in [-0.25, -0.2) is 0 Å². The maximum absolute atomic E-state index is 12.8. The standard InChI is InChI=1S/C24H23N5O4/c1-15(10-23(31)32)19-8-6-18(14-26-19)29(2)22(30)12-16-5-7-20-21(11-16)33-24(28-20)27-17-4-3-9-25-13-17/h3-9,11,13-15H,10,12H2,1-2H3,(H,27,28)(H,31,32). The van der Waals surface area contributed by atoms with Crippen molar-refractivity contribution in [2.75, 3.05) is 17.3 Å². The number of nitrogens with one attached hydrogen (secondary N) is 1. The molecule has 4 rings (SSSR count). The molecule has 0 saturated carbocycles. The van der Waals surface area contributed by atoms with Gasteiger partial charge in [0, 0.05) is 24.9 Å². The smallest absolute Gasteiger partial charge is 0.304 e. The minimum atomic E-state index is -0.871. The normalized spacial score (nSPS) is 11.8. The molecule has 0 aliphatic carbocycles. The molecule has 1 amide bonds. The number of hydrogen-bond donors (Lipinski definition) is 2. The third-order valence-corrected chi connectivity index (χ3v) is 5.24. The van der Waals surface area contributed by atoms with Crippen LogP contribution in [0.15, 0.2) is 65.5 Å². The highest BCUT2D eigenvalue weighted by atomic mass is 16.4. The molecule has 4 aromatic rings. The van der Waals surface area contributed by atoms with Gasteiger partial charge in [-0.1, -0.05) is 13.0 Å². The first kappa shape index (κ1) is 21.9. The fourth-order valence-corrected chi connectivity index (χ4v) is 3.38. The molecule has 0 bridgehead atoms. The Labute approximate surface area is 190 Å². The summed E-state index contributed by atoms with van der Waals surface area (Å²) in [6.45, 7) is 1.81. The molecular formula is C24H23N5O4. The number of rotatable bonds is 8. The highest BCUT2D eigenvalue weighted by molar-refractivity contribution is 5.94. The van der Waals surface area contributed by atoms with E-state index in [1.165, 1.54) is 4.90 Å². The van der Waals surface area contributed by atoms with Crippen molar-refractivity contribution in [1.82, 2.24) is 15.0 Å². The number of benzene rings is 1. The van der Waals surface area contributed by atoms with Crippen LogP contribution < -0.4 is 10.2 Å². The molecule has 0 radical (unpaired) electrons. The average Bonchev–Trinajstić information content (AvgIpc) is 3.20. The number of hydrogen-bond acceptors (Lipinski definition) is 7. The predicted molar refractivity (Wildman–Crippen MR) is 124 cm³/mol. The molecule has 168 valence electrons. The topological polar surface area (TPSA) is 121 Å². The van der Waals surface area contributed by atoms with Gasteiger partial charge in [-0.05, 0) is 42.0 Å². The lowest BCUT2D eigenvalue weighted by Crippen LogP contribution is -2.28. The van der Waals surface area contributed by atoms with E-state index in [1.54, 1.807) is 43.8 Å². The lowest BCUT2D eigenvalue weighted by atomic mass is 10.0. The Bertz CT molecular complexity index is 1270. The molecule has 1 aromatic carbocycles. The number of likely N-dealkylation sites (N-methyl/N-ethyl adjacent to an activating group) is 1. The predicted octanol–water partition coefficient (Wildman–Crippen LogP) is 4.15. The molecule has 1 unspecified atom stereocenters. The summed E-state index contributed by atoms with van der Waals surface area (Å²) in [5.74, 6) is -1.19. The molecular weight excluding hydrogens is 422 g/mol. The van der Waals surface area contributed by atoms with Crippen molar-refractivity contribution < 1.29 is 19.1 Å². The first-order valence-corrected chi connectivity index (χ1v) is 10.4. The van der Waals surface area contributed by atoms with E-state index in [1.807, 2.05) is 31.2 Å². The van der Waals surface area contributed by atoms with Crippen LogP contribution in [0.4, 0.5) is 17.4 Å². The second kappa shape index (κ2) is 9.47. The van der Waals surface area contributed by atoms with E-state index in [4.69, 9.17) is 9.52 Å². The summed E-state index contributed by atoms with van der Waals surface area (Å²) >= 11 is 0. The lowest BCUT2D eigenvalue weighted by Gasteiger charge is -2.18. The molecule has 3 aromatic heterocycles. The van der Waals surface area contributed by atoms with Crippen LogP contribution in [0.5, 0.6) is 0 Å². The Kier molecular flexibility index (Phi) is 6.30. The fourth-order valence-electron chi connectivity index (χ4n) is 3.38. The van der Waals surface area contributed by atoms with Crippen molar-refractivity contribution in [2.24, 2.45) is 0 Å². The van der Waals surface area contributed by atoms with Gasteiger partial charge < -0.3 is 19.7 Å². The second-order valence-electron chi connectivity index (χ2n) is 7.76. The van der Waals surface area contributed by atoms with E-state index in [-0.39, 0.29) is 24.7 Å². The van der Waals surface area contributed by atoms with Crippen LogP contribution in [0, 0.1) is 0 Å². The van der Waals surface area contributed by atoms with Crippen LogP contribution in [-0.2, 0) is 16.0 Å². The van der Waals surface area contributed by atoms with Crippen molar-refractivity contribution in [3.05, 3.63) is 72.3 Å². The summed E-state index contributed by atoms with van der Waals surface area (Å²) in [7, 11) is 1.68. The minimum absolute atomic E-state index is 0.00466. The number of carbonyl (C=O) groups excluding carboxylic acids is 1. The molecule has 0 aliphatic rings. The zero-order chi connectivity index (χ0) is 23.4. The molecule has 0 saturated heterocycles. The number of aliphatic carboxylic acids is 1. The number of nitrogens with zero attached hydrogens (tertiary/aromatic N) is 4. The summed E-state index contributed by atoms with van der Waals surface area (Å²) in [4.78, 5) is 38.0. The molecule has 2 N–H and O–H groups in total. The quantitative estimate of drug-likeness (QED) is 0.415. The van der Waals surface area contributed by atoms with E-state index in [0.29, 0.717) is 28.5 Å². The third-order valence-electron chi connectivity index (χ3n) is 5.24. The van der Waals surface area contributed by atoms with Gasteiger partial charge in [-0.15, -0.1) is 0 Å². The summed E-state index contributed by atoms with van der Waals surface area (Å²) < 4.78 is 5.78. The van der Waals surface area contributed by atoms with E-state index in [2.05, 4.69) is 20.3 Å². The van der Waals surface area contributed by atoms with Crippen LogP contribution >= 0.6 is 0 Å². The van der Waals surface area contributed by atoms with E-state index in [9.17, 15) is 9.59 Å². The summed E-state index contributed by atoms with van der Waals surface area (Å²) in [5, 5.41) is 12.0. The number of carboxylic acid groups (broad SMARTS) is 1. The highest BCUT2D eigenvalue weighted by Gasteiger charge is 2.16. The highest BCUT2D eigenvalue weighted by Crippen LogP contribution is 2.24. The third kappa shape index (κ3) is 5.32. The monoisotopic (exact) mass is 445 g/mol. The van der Waals surface area contributed by atoms with E-state index < -0.39 is 5.97 Å². The van der Waals surface area contributed by atoms with Gasteiger partial charge in [0.25, 0.3) is 6.01 Å². The Balaban J connectivity index is 1.43. The number of oxazole rings is 1. The molecule has 9 nitrogen and oxygen atoms in total. The van der Waals surface area contributed by atoms with Crippen LogP contribution in [0.3, 0.4) is 0 Å². The summed E-state index contributed by atoms with van der Waals surface area (Å²) in [6.07, 6.45) is 5.12. The van der Waals surface area contributed by atoms with Gasteiger partial charge in [0.1, 0.15) is 5.52 Å². The molecule has 0 fully saturated rings. The molecule has 3 heterocycles. The minimum Gasteiger partial charge on any atom is -0.481 e. The van der Waals surface area contributed by atoms with Gasteiger partial charge in [0.15, 0.2) is 5.58 Å². The molecule has 9 heteroatoms. The maximum Gasteiger partial charge on any atom is 0.304 e. The van der Waals surface area contributed by atoms with Crippen molar-refractivity contribution in [3.63, 3.8) is 0 Å². The number of carbonyl (C=O) groups is 2. The van der Waals surface area contributed by atoms with E-state index >= 15 is 0 Å². The number of fused-ring (bicyclic) bond motifs is 1. The van der Waals surface area contributed by atoms with Crippen molar-refractivity contribution in [1.29, 1.82) is 0 Å². The maximum atomic E-state index is 12.8. The molecule has 1 atom stereocenters. The van der Waals surface area contributed by atoms with Gasteiger partial charge in [-0.2, -0.15) is 4.98 Å². The van der Waals surface area contributed by atoms with Gasteiger partial charge >= 0.3 is 5.97 Å². The lowest BCUT2D eigenvalue weighted by molar-refractivity contribution is -0.137. The first-order valence-electron chi connectivity index (χ1n) is 10.4. The Hall–Kier alpha value is -4.27. The number of anilines is 3. The number of aromatic nitrogens is 3. The van der Waals surface area contributed by atoms with Crippen molar-refractivity contribution in [3.8, 4) is 0 Å². The Morgan fingerprint density at radius 3 is 2.73 bits per heavy atom. The van der Waals surface area contributed by atoms with Gasteiger partial charge in [-0.3, -0.25) is 19.6 Å². The van der Waals surface area contributed by atoms with Gasteiger partial charge in [0.05, 0.1) is 36.6 Å². The summed E-state index contributed by atoms with van der Waals surface area (Å²) in [6, 6.07) is 13.0. The van der Waals surface area contributed by atoms with Crippen LogP contribution in [0.2, 0.25) is 0 Å². The molecule has 0 aliphatic heterocycles. The number of carboxylic acids is 1. The van der Waals surface area contributed by atoms with Crippen LogP contribution in [0.25, 0.3) is 11.1 Å². The SMILES string of the molecule is CC(CC(=O)O)c1ccc(N(C)C(=O)Cc2ccc3nc(Nc4cccnc4)oc3c2)cn1. The zero-order valence-electron chi connectivity index (χ0n) is 18.2. The van der Waals surface area contributed by atoms with Crippen LogP contribution in [-0.4, -0.2) is 39.0 Å². The number of pyridine rings is 2. The molecule has 0 spiro atoms. The Morgan fingerprint density at radius 2 is 2.03 bits per heavy atom. The summed E-state index contributed by atoms with van der Waals surface area (Å²) in [5.41, 5.74) is 4.12. The van der Waals surface area contributed by atoms with Gasteiger partial charge in [0.2, 0.25) is 5.91 Å². The molecule has 33 heavy (non-hydrogen) atoms. The second-order valence-corrected chi connectivity index (χ2v) is 7.76. The van der Waals surface area contributed by atoms with Crippen molar-refractivity contribution >= 4 is 40.4 Å².